The number of carbonyl (C=O) groups is 1. The molecule has 2 aromatic carbocycles. The van der Waals surface area contributed by atoms with E-state index in [0.717, 1.165) is 6.07 Å². The van der Waals surface area contributed by atoms with Crippen LogP contribution in [0.4, 0.5) is 8.78 Å². The molecule has 0 radical (unpaired) electrons. The fourth-order valence-electron chi connectivity index (χ4n) is 2.31. The van der Waals surface area contributed by atoms with Gasteiger partial charge in [0.05, 0.1) is 11.3 Å². The summed E-state index contributed by atoms with van der Waals surface area (Å²) in [6.45, 7) is 0. The molecule has 3 aromatic rings. The molecule has 120 valence electrons. The van der Waals surface area contributed by atoms with Crippen LogP contribution in [0, 0.1) is 11.6 Å². The molecule has 3 rings (SSSR count). The monoisotopic (exact) mass is 451 g/mol. The van der Waals surface area contributed by atoms with E-state index < -0.39 is 23.0 Å². The highest BCUT2D eigenvalue weighted by molar-refractivity contribution is 9.11. The maximum absolute atomic E-state index is 14.8. The van der Waals surface area contributed by atoms with Gasteiger partial charge in [0.25, 0.3) is 0 Å². The molecule has 6 heteroatoms. The number of hydrogen-bond acceptors (Lipinski definition) is 2. The number of hydrogen-bond donors (Lipinski definition) is 0. The van der Waals surface area contributed by atoms with Crippen molar-refractivity contribution in [3.8, 4) is 11.3 Å². The van der Waals surface area contributed by atoms with E-state index in [2.05, 4.69) is 36.8 Å². The van der Waals surface area contributed by atoms with E-state index in [0.29, 0.717) is 14.6 Å². The van der Waals surface area contributed by atoms with E-state index >= 15 is 0 Å². The Morgan fingerprint density at radius 2 is 1.67 bits per heavy atom. The number of carbonyl (C=O) groups excluding carboxylic acids is 1. The van der Waals surface area contributed by atoms with Crippen LogP contribution >= 0.6 is 31.9 Å². The van der Waals surface area contributed by atoms with Crippen LogP contribution in [0.3, 0.4) is 0 Å². The minimum absolute atomic E-state index is 0.0782. The molecule has 0 unspecified atom stereocenters. The fraction of sp³-hybridized carbons (Fsp3) is 0. The second kappa shape index (κ2) is 6.91. The molecule has 0 saturated heterocycles. The first-order valence-electron chi connectivity index (χ1n) is 6.87. The molecule has 0 bridgehead atoms. The first kappa shape index (κ1) is 16.9. The third kappa shape index (κ3) is 3.30. The Bertz CT molecular complexity index is 910. The zero-order valence-electron chi connectivity index (χ0n) is 12.1. The van der Waals surface area contributed by atoms with Gasteiger partial charge in [0, 0.05) is 26.3 Å². The standard InChI is InChI=1S/C18H9Br2F2NO/c19-11-7-10(8-12(20)9-11)18(24)16-14(21)5-4-13(17(16)22)15-3-1-2-6-23-15/h1-9H. The highest BCUT2D eigenvalue weighted by Gasteiger charge is 2.23. The van der Waals surface area contributed by atoms with E-state index in [1.54, 1.807) is 24.3 Å². The first-order valence-corrected chi connectivity index (χ1v) is 8.46. The predicted octanol–water partition coefficient (Wildman–Crippen LogP) is 5.78. The molecule has 0 aliphatic rings. The van der Waals surface area contributed by atoms with Crippen molar-refractivity contribution in [3.05, 3.63) is 86.4 Å². The maximum Gasteiger partial charge on any atom is 0.199 e. The van der Waals surface area contributed by atoms with E-state index in [-0.39, 0.29) is 11.1 Å². The summed E-state index contributed by atoms with van der Waals surface area (Å²) in [6, 6.07) is 12.1. The minimum atomic E-state index is -0.921. The van der Waals surface area contributed by atoms with Gasteiger partial charge in [-0.2, -0.15) is 0 Å². The van der Waals surface area contributed by atoms with Gasteiger partial charge >= 0.3 is 0 Å². The van der Waals surface area contributed by atoms with Crippen molar-refractivity contribution < 1.29 is 13.6 Å². The van der Waals surface area contributed by atoms with Gasteiger partial charge in [0.1, 0.15) is 11.6 Å². The summed E-state index contributed by atoms with van der Waals surface area (Å²) in [5, 5.41) is 0. The number of aromatic nitrogens is 1. The molecule has 0 aliphatic heterocycles. The topological polar surface area (TPSA) is 30.0 Å². The number of benzene rings is 2. The van der Waals surface area contributed by atoms with Crippen LogP contribution in [-0.2, 0) is 0 Å². The molecule has 0 fully saturated rings. The Morgan fingerprint density at radius 3 is 2.29 bits per heavy atom. The quantitative estimate of drug-likeness (QED) is 0.471. The summed E-state index contributed by atoms with van der Waals surface area (Å²) in [7, 11) is 0. The number of pyridine rings is 1. The largest absolute Gasteiger partial charge is 0.288 e. The van der Waals surface area contributed by atoms with Crippen LogP contribution in [0.1, 0.15) is 15.9 Å². The molecule has 0 spiro atoms. The SMILES string of the molecule is O=C(c1cc(Br)cc(Br)c1)c1c(F)ccc(-c2ccccn2)c1F. The predicted molar refractivity (Wildman–Crippen MR) is 94.9 cm³/mol. The average molecular weight is 453 g/mol. The van der Waals surface area contributed by atoms with Crippen LogP contribution in [0.5, 0.6) is 0 Å². The van der Waals surface area contributed by atoms with Crippen LogP contribution in [0.2, 0.25) is 0 Å². The number of halogens is 4. The highest BCUT2D eigenvalue weighted by Crippen LogP contribution is 2.28. The molecule has 1 heterocycles. The molecular formula is C18H9Br2F2NO. The zero-order chi connectivity index (χ0) is 17.3. The second-order valence-corrected chi connectivity index (χ2v) is 6.82. The van der Waals surface area contributed by atoms with Crippen molar-refractivity contribution in [1.82, 2.24) is 4.98 Å². The average Bonchev–Trinajstić information content (AvgIpc) is 2.54. The lowest BCUT2D eigenvalue weighted by atomic mass is 9.98. The van der Waals surface area contributed by atoms with Gasteiger partial charge in [-0.3, -0.25) is 9.78 Å². The molecule has 0 N–H and O–H groups in total. The maximum atomic E-state index is 14.8. The number of rotatable bonds is 3. The van der Waals surface area contributed by atoms with Crippen molar-refractivity contribution >= 4 is 37.6 Å². The van der Waals surface area contributed by atoms with Gasteiger partial charge < -0.3 is 0 Å². The number of ketones is 1. The summed E-state index contributed by atoms with van der Waals surface area (Å²) in [5.74, 6) is -2.56. The van der Waals surface area contributed by atoms with E-state index in [9.17, 15) is 13.6 Å². The zero-order valence-corrected chi connectivity index (χ0v) is 15.2. The van der Waals surface area contributed by atoms with Crippen molar-refractivity contribution in [2.75, 3.05) is 0 Å². The van der Waals surface area contributed by atoms with Crippen molar-refractivity contribution in [2.24, 2.45) is 0 Å². The second-order valence-electron chi connectivity index (χ2n) is 4.99. The lowest BCUT2D eigenvalue weighted by Crippen LogP contribution is -2.09. The summed E-state index contributed by atoms with van der Waals surface area (Å²) in [4.78, 5) is 16.7. The van der Waals surface area contributed by atoms with Gasteiger partial charge in [-0.15, -0.1) is 0 Å². The lowest BCUT2D eigenvalue weighted by molar-refractivity contribution is 0.103. The Hall–Kier alpha value is -1.92. The van der Waals surface area contributed by atoms with Crippen molar-refractivity contribution in [1.29, 1.82) is 0 Å². The number of nitrogens with zero attached hydrogens (tertiary/aromatic N) is 1. The summed E-state index contributed by atoms with van der Waals surface area (Å²) < 4.78 is 30.3. The molecule has 1 aromatic heterocycles. The summed E-state index contributed by atoms with van der Waals surface area (Å²) in [5.41, 5.74) is -0.00995. The van der Waals surface area contributed by atoms with Gasteiger partial charge in [0.2, 0.25) is 0 Å². The first-order chi connectivity index (χ1) is 11.5. The normalized spacial score (nSPS) is 10.7. The van der Waals surface area contributed by atoms with E-state index in [1.807, 2.05) is 0 Å². The molecule has 0 saturated carbocycles. The van der Waals surface area contributed by atoms with E-state index in [1.165, 1.54) is 24.4 Å². The smallest absolute Gasteiger partial charge is 0.199 e. The molecular weight excluding hydrogens is 444 g/mol. The van der Waals surface area contributed by atoms with Crippen molar-refractivity contribution in [3.63, 3.8) is 0 Å². The Balaban J connectivity index is 2.15. The van der Waals surface area contributed by atoms with Gasteiger partial charge in [-0.25, -0.2) is 8.78 Å². The lowest BCUT2D eigenvalue weighted by Gasteiger charge is -2.09. The van der Waals surface area contributed by atoms with Gasteiger partial charge in [-0.1, -0.05) is 37.9 Å². The van der Waals surface area contributed by atoms with Crippen molar-refractivity contribution in [2.45, 2.75) is 0 Å². The van der Waals surface area contributed by atoms with E-state index in [4.69, 9.17) is 0 Å². The Morgan fingerprint density at radius 1 is 0.958 bits per heavy atom. The summed E-state index contributed by atoms with van der Waals surface area (Å²) in [6.07, 6.45) is 1.51. The van der Waals surface area contributed by atoms with Crippen LogP contribution in [-0.4, -0.2) is 10.8 Å². The molecule has 24 heavy (non-hydrogen) atoms. The molecule has 0 atom stereocenters. The third-order valence-corrected chi connectivity index (χ3v) is 4.30. The molecule has 0 aliphatic carbocycles. The highest BCUT2D eigenvalue weighted by atomic mass is 79.9. The van der Waals surface area contributed by atoms with Crippen LogP contribution in [0.25, 0.3) is 11.3 Å². The fourth-order valence-corrected chi connectivity index (χ4v) is 3.60. The third-order valence-electron chi connectivity index (χ3n) is 3.38. The van der Waals surface area contributed by atoms with Gasteiger partial charge in [-0.05, 0) is 42.5 Å². The molecule has 0 amide bonds. The Labute approximate surface area is 153 Å². The van der Waals surface area contributed by atoms with Gasteiger partial charge in [0.15, 0.2) is 5.78 Å². The Kier molecular flexibility index (Phi) is 4.87. The molecule has 2 nitrogen and oxygen atoms in total. The van der Waals surface area contributed by atoms with Crippen LogP contribution in [0.15, 0.2) is 63.7 Å². The van der Waals surface area contributed by atoms with Crippen LogP contribution < -0.4 is 0 Å². The summed E-state index contributed by atoms with van der Waals surface area (Å²) >= 11 is 6.52. The minimum Gasteiger partial charge on any atom is -0.288 e.